The summed E-state index contributed by atoms with van der Waals surface area (Å²) < 4.78 is 0. The van der Waals surface area contributed by atoms with E-state index in [9.17, 15) is 9.90 Å². The highest BCUT2D eigenvalue weighted by Gasteiger charge is 2.05. The van der Waals surface area contributed by atoms with Crippen LogP contribution in [0.25, 0.3) is 0 Å². The Bertz CT molecular complexity index is 255. The van der Waals surface area contributed by atoms with Crippen LogP contribution in [-0.4, -0.2) is 6.29 Å². The average Bonchev–Trinajstić information content (AvgIpc) is 2.03. The van der Waals surface area contributed by atoms with E-state index in [1.807, 2.05) is 13.0 Å². The van der Waals surface area contributed by atoms with E-state index in [0.29, 0.717) is 11.8 Å². The summed E-state index contributed by atoms with van der Waals surface area (Å²) in [4.78, 5) is 10.1. The second-order valence-corrected chi connectivity index (χ2v) is 2.47. The van der Waals surface area contributed by atoms with E-state index < -0.39 is 6.10 Å². The molecule has 0 aliphatic rings. The Balaban J connectivity index is 2.95. The fraction of sp³-hybridized carbons (Fsp3) is 0.222. The zero-order valence-electron chi connectivity index (χ0n) is 6.28. The van der Waals surface area contributed by atoms with Gasteiger partial charge in [0.25, 0.3) is 0 Å². The van der Waals surface area contributed by atoms with E-state index in [4.69, 9.17) is 0 Å². The summed E-state index contributed by atoms with van der Waals surface area (Å²) in [6.45, 7) is 1.89. The van der Waals surface area contributed by atoms with Gasteiger partial charge in [-0.05, 0) is 12.5 Å². The first-order valence-corrected chi connectivity index (χ1v) is 3.41. The molecule has 1 aromatic carbocycles. The number of rotatable bonds is 2. The summed E-state index contributed by atoms with van der Waals surface area (Å²) in [6, 6.07) is 7.06. The topological polar surface area (TPSA) is 37.0 Å². The van der Waals surface area contributed by atoms with E-state index in [1.54, 1.807) is 18.2 Å². The van der Waals surface area contributed by atoms with Gasteiger partial charge in [0.2, 0.25) is 0 Å². The highest BCUT2D eigenvalue weighted by atomic mass is 16.3. The van der Waals surface area contributed by atoms with Crippen LogP contribution in [-0.2, 0) is 9.90 Å². The van der Waals surface area contributed by atoms with Crippen molar-refractivity contribution in [2.24, 2.45) is 0 Å². The van der Waals surface area contributed by atoms with Gasteiger partial charge in [0.1, 0.15) is 0 Å². The lowest BCUT2D eigenvalue weighted by Crippen LogP contribution is -1.95. The van der Waals surface area contributed by atoms with Crippen LogP contribution in [0.3, 0.4) is 0 Å². The molecule has 0 amide bonds. The highest BCUT2D eigenvalue weighted by molar-refractivity contribution is 5.59. The molecule has 11 heavy (non-hydrogen) atoms. The number of aryl methyl sites for hydroxylation is 1. The molecule has 0 N–H and O–H groups in total. The van der Waals surface area contributed by atoms with Crippen LogP contribution >= 0.6 is 0 Å². The molecule has 0 aromatic heterocycles. The maximum atomic E-state index is 10.9. The number of hydrogen-bond donors (Lipinski definition) is 0. The molecule has 0 saturated carbocycles. The highest BCUT2D eigenvalue weighted by Crippen LogP contribution is 2.11. The molecule has 1 aromatic rings. The van der Waals surface area contributed by atoms with E-state index in [2.05, 4.69) is 0 Å². The number of carbonyl (C=O) groups excluding carboxylic acids is 1. The Morgan fingerprint density at radius 3 is 2.73 bits per heavy atom. The van der Waals surface area contributed by atoms with Crippen molar-refractivity contribution in [1.82, 2.24) is 0 Å². The molecular formula is C9H9O2. The van der Waals surface area contributed by atoms with Gasteiger partial charge in [-0.25, -0.2) is 5.11 Å². The standard InChI is InChI=1S/C9H9O2/c1-7-3-2-4-8(5-7)9(11)6-10/h2-6,9H,1H3. The quantitative estimate of drug-likeness (QED) is 0.589. The largest absolute Gasteiger partial charge is 0.300 e. The van der Waals surface area contributed by atoms with Crippen LogP contribution in [0, 0.1) is 6.92 Å². The van der Waals surface area contributed by atoms with E-state index in [-0.39, 0.29) is 0 Å². The summed E-state index contributed by atoms with van der Waals surface area (Å²) in [5.74, 6) is 0. The molecule has 0 aliphatic heterocycles. The number of benzene rings is 1. The maximum absolute atomic E-state index is 10.9. The Morgan fingerprint density at radius 2 is 2.18 bits per heavy atom. The van der Waals surface area contributed by atoms with Gasteiger partial charge in [0.05, 0.1) is 0 Å². The predicted octanol–water partition coefficient (Wildman–Crippen LogP) is 1.67. The van der Waals surface area contributed by atoms with Gasteiger partial charge in [-0.15, -0.1) is 0 Å². The van der Waals surface area contributed by atoms with Crippen LogP contribution in [0.2, 0.25) is 0 Å². The third-order valence-electron chi connectivity index (χ3n) is 1.49. The lowest BCUT2D eigenvalue weighted by molar-refractivity contribution is -0.118. The van der Waals surface area contributed by atoms with Gasteiger partial charge >= 0.3 is 0 Å². The predicted molar refractivity (Wildman–Crippen MR) is 40.7 cm³/mol. The van der Waals surface area contributed by atoms with Gasteiger partial charge in [-0.2, -0.15) is 0 Å². The summed E-state index contributed by atoms with van der Waals surface area (Å²) >= 11 is 0. The molecule has 1 radical (unpaired) electrons. The van der Waals surface area contributed by atoms with Crippen molar-refractivity contribution in [1.29, 1.82) is 0 Å². The van der Waals surface area contributed by atoms with Gasteiger partial charge in [0.15, 0.2) is 12.4 Å². The van der Waals surface area contributed by atoms with Crippen LogP contribution in [0.1, 0.15) is 17.2 Å². The Morgan fingerprint density at radius 1 is 1.45 bits per heavy atom. The van der Waals surface area contributed by atoms with Crippen molar-refractivity contribution < 1.29 is 9.90 Å². The summed E-state index contributed by atoms with van der Waals surface area (Å²) in [7, 11) is 0. The first-order chi connectivity index (χ1) is 5.24. The molecule has 1 atom stereocenters. The van der Waals surface area contributed by atoms with E-state index >= 15 is 0 Å². The van der Waals surface area contributed by atoms with Crippen LogP contribution in [0.15, 0.2) is 24.3 Å². The second-order valence-electron chi connectivity index (χ2n) is 2.47. The summed E-state index contributed by atoms with van der Waals surface area (Å²) in [5, 5.41) is 10.9. The monoisotopic (exact) mass is 149 g/mol. The zero-order chi connectivity index (χ0) is 8.27. The Hall–Kier alpha value is -1.15. The van der Waals surface area contributed by atoms with Crippen molar-refractivity contribution in [2.75, 3.05) is 0 Å². The molecule has 0 aliphatic carbocycles. The Labute approximate surface area is 65.5 Å². The fourth-order valence-electron chi connectivity index (χ4n) is 0.926. The molecular weight excluding hydrogens is 140 g/mol. The van der Waals surface area contributed by atoms with Crippen molar-refractivity contribution in [3.63, 3.8) is 0 Å². The molecule has 0 saturated heterocycles. The molecule has 1 rings (SSSR count). The molecule has 0 fully saturated rings. The first kappa shape index (κ1) is 7.95. The van der Waals surface area contributed by atoms with Gasteiger partial charge in [-0.3, -0.25) is 4.79 Å². The minimum Gasteiger partial charge on any atom is -0.300 e. The molecule has 0 spiro atoms. The molecule has 1 unspecified atom stereocenters. The molecule has 2 nitrogen and oxygen atoms in total. The van der Waals surface area contributed by atoms with Crippen LogP contribution in [0.4, 0.5) is 0 Å². The van der Waals surface area contributed by atoms with E-state index in [0.717, 1.165) is 5.56 Å². The molecule has 0 heterocycles. The van der Waals surface area contributed by atoms with Crippen molar-refractivity contribution in [2.45, 2.75) is 13.0 Å². The third kappa shape index (κ3) is 1.88. The van der Waals surface area contributed by atoms with Crippen molar-refractivity contribution in [3.05, 3.63) is 35.4 Å². The summed E-state index contributed by atoms with van der Waals surface area (Å²) in [6.07, 6.45) is -0.815. The van der Waals surface area contributed by atoms with Crippen molar-refractivity contribution >= 4 is 6.29 Å². The van der Waals surface area contributed by atoms with Gasteiger partial charge < -0.3 is 0 Å². The van der Waals surface area contributed by atoms with Gasteiger partial charge in [0, 0.05) is 0 Å². The maximum Gasteiger partial charge on any atom is 0.173 e. The number of aldehydes is 1. The smallest absolute Gasteiger partial charge is 0.173 e. The summed E-state index contributed by atoms with van der Waals surface area (Å²) in [5.41, 5.74) is 1.55. The van der Waals surface area contributed by atoms with E-state index in [1.165, 1.54) is 0 Å². The number of carbonyl (C=O) groups is 1. The average molecular weight is 149 g/mol. The third-order valence-corrected chi connectivity index (χ3v) is 1.49. The van der Waals surface area contributed by atoms with Crippen LogP contribution in [0.5, 0.6) is 0 Å². The van der Waals surface area contributed by atoms with Crippen molar-refractivity contribution in [3.8, 4) is 0 Å². The van der Waals surface area contributed by atoms with Crippen LogP contribution < -0.4 is 0 Å². The normalized spacial score (nSPS) is 12.5. The number of hydrogen-bond acceptors (Lipinski definition) is 1. The lowest BCUT2D eigenvalue weighted by Gasteiger charge is -2.00. The zero-order valence-corrected chi connectivity index (χ0v) is 6.28. The Kier molecular flexibility index (Phi) is 2.39. The fourth-order valence-corrected chi connectivity index (χ4v) is 0.926. The molecule has 2 heteroatoms. The first-order valence-electron chi connectivity index (χ1n) is 3.41. The lowest BCUT2D eigenvalue weighted by atomic mass is 10.1. The molecule has 57 valence electrons. The minimum atomic E-state index is -1.23. The second kappa shape index (κ2) is 3.30. The van der Waals surface area contributed by atoms with Gasteiger partial charge in [-0.1, -0.05) is 29.8 Å². The SMILES string of the molecule is Cc1cccc(C([O])C=O)c1. The molecule has 0 bridgehead atoms. The minimum absolute atomic E-state index is 0.411.